The smallest absolute Gasteiger partial charge is 0.333 e. The Kier molecular flexibility index (Phi) is 13.8. The summed E-state index contributed by atoms with van der Waals surface area (Å²) in [6, 6.07) is 0. The summed E-state index contributed by atoms with van der Waals surface area (Å²) in [6.45, 7) is 34.4. The van der Waals surface area contributed by atoms with Crippen LogP contribution in [0.2, 0.25) is 0 Å². The Morgan fingerprint density at radius 2 is 1.05 bits per heavy atom. The van der Waals surface area contributed by atoms with Gasteiger partial charge in [-0.05, 0) is 41.4 Å². The summed E-state index contributed by atoms with van der Waals surface area (Å²) < 4.78 is 17.6. The molecule has 0 heterocycles. The topological polar surface area (TPSA) is 61.8 Å². The molecule has 0 saturated carbocycles. The quantitative estimate of drug-likeness (QED) is 0.0839. The van der Waals surface area contributed by atoms with Crippen molar-refractivity contribution in [2.45, 2.75) is 102 Å². The zero-order valence-corrected chi connectivity index (χ0v) is 27.0. The van der Waals surface area contributed by atoms with Gasteiger partial charge in [-0.3, -0.25) is 4.79 Å². The third-order valence-electron chi connectivity index (χ3n) is 6.36. The molecule has 6 nitrogen and oxygen atoms in total. The maximum absolute atomic E-state index is 12.6. The fraction of sp³-hybridized carbons (Fsp3) is 0.812. The first kappa shape index (κ1) is 36.2. The fourth-order valence-corrected chi connectivity index (χ4v) is 5.63. The van der Waals surface area contributed by atoms with Crippen LogP contribution in [0.5, 0.6) is 0 Å². The average Bonchev–Trinajstić information content (AvgIpc) is 2.62. The minimum atomic E-state index is -0.394. The molecule has 0 aromatic rings. The summed E-state index contributed by atoms with van der Waals surface area (Å²) in [7, 11) is 2.07. The monoisotopic (exact) mass is 538 g/mol. The summed E-state index contributed by atoms with van der Waals surface area (Å²) in [5.41, 5.74) is 0.730. The standard InChI is InChI=1S/C32H60NO5/c1-25(2)28(35)38-20-17-33(14,15-18-36-26(3)21-31(10,11)23-29(4,5)6)16-19-37-27(34)22-32(12,13)24-30(7,8)9/h1,3,15-24H2,2,4-14H3/q+1. The molecule has 0 aliphatic carbocycles. The number of carbonyl (C=O) groups is 2. The van der Waals surface area contributed by atoms with Crippen molar-refractivity contribution < 1.29 is 28.3 Å². The van der Waals surface area contributed by atoms with Gasteiger partial charge in [0.25, 0.3) is 0 Å². The second-order valence-electron chi connectivity index (χ2n) is 15.5. The molecule has 0 bridgehead atoms. The van der Waals surface area contributed by atoms with Gasteiger partial charge in [0.1, 0.15) is 39.5 Å². The lowest BCUT2D eigenvalue weighted by Crippen LogP contribution is -2.50. The number of hydrogen-bond acceptors (Lipinski definition) is 5. The number of allylic oxidation sites excluding steroid dienone is 1. The molecule has 0 aromatic heterocycles. The van der Waals surface area contributed by atoms with Gasteiger partial charge in [-0.25, -0.2) is 4.79 Å². The van der Waals surface area contributed by atoms with Crippen LogP contribution in [0.1, 0.15) is 102 Å². The van der Waals surface area contributed by atoms with E-state index in [1.54, 1.807) is 6.92 Å². The first-order valence-electron chi connectivity index (χ1n) is 14.1. The molecule has 0 aliphatic rings. The predicted octanol–water partition coefficient (Wildman–Crippen LogP) is 7.33. The number of quaternary nitrogens is 1. The van der Waals surface area contributed by atoms with Crippen molar-refractivity contribution in [1.82, 2.24) is 0 Å². The molecule has 0 N–H and O–H groups in total. The highest BCUT2D eigenvalue weighted by Crippen LogP contribution is 2.38. The molecule has 38 heavy (non-hydrogen) atoms. The first-order chi connectivity index (χ1) is 16.9. The molecule has 222 valence electrons. The van der Waals surface area contributed by atoms with Crippen LogP contribution in [0.4, 0.5) is 0 Å². The molecule has 0 fully saturated rings. The third-order valence-corrected chi connectivity index (χ3v) is 6.36. The van der Waals surface area contributed by atoms with E-state index in [0.717, 1.165) is 25.0 Å². The molecule has 0 rings (SSSR count). The molecule has 6 heteroatoms. The lowest BCUT2D eigenvalue weighted by Gasteiger charge is -2.35. The minimum absolute atomic E-state index is 0.0964. The van der Waals surface area contributed by atoms with Crippen LogP contribution in [-0.2, 0) is 23.8 Å². The Balaban J connectivity index is 5.02. The van der Waals surface area contributed by atoms with Crippen LogP contribution in [0.15, 0.2) is 24.5 Å². The number of likely N-dealkylation sites (N-methyl/N-ethyl adjacent to an activating group) is 1. The second-order valence-corrected chi connectivity index (χ2v) is 15.5. The zero-order valence-electron chi connectivity index (χ0n) is 27.0. The molecule has 0 aromatic carbocycles. The molecule has 0 amide bonds. The molecular formula is C32H60NO5+. The van der Waals surface area contributed by atoms with Gasteiger partial charge >= 0.3 is 11.9 Å². The van der Waals surface area contributed by atoms with E-state index in [9.17, 15) is 9.59 Å². The van der Waals surface area contributed by atoms with Crippen LogP contribution in [0.25, 0.3) is 0 Å². The van der Waals surface area contributed by atoms with Crippen molar-refractivity contribution in [1.29, 1.82) is 0 Å². The fourth-order valence-electron chi connectivity index (χ4n) is 5.63. The average molecular weight is 539 g/mol. The minimum Gasteiger partial charge on any atom is -0.493 e. The number of hydrogen-bond donors (Lipinski definition) is 0. The normalized spacial score (nSPS) is 14.4. The molecular weight excluding hydrogens is 478 g/mol. The largest absolute Gasteiger partial charge is 0.493 e. The summed E-state index contributed by atoms with van der Waals surface area (Å²) in [5, 5.41) is 0. The van der Waals surface area contributed by atoms with Crippen LogP contribution < -0.4 is 0 Å². The van der Waals surface area contributed by atoms with Crippen molar-refractivity contribution in [3.8, 4) is 0 Å². The van der Waals surface area contributed by atoms with E-state index in [1.807, 2.05) is 0 Å². The summed E-state index contributed by atoms with van der Waals surface area (Å²) in [6.07, 6.45) is 3.19. The van der Waals surface area contributed by atoms with E-state index in [1.165, 1.54) is 0 Å². The van der Waals surface area contributed by atoms with E-state index < -0.39 is 5.97 Å². The number of nitrogens with zero attached hydrogens (tertiary/aromatic N) is 1. The van der Waals surface area contributed by atoms with Crippen LogP contribution in [0, 0.1) is 21.7 Å². The lowest BCUT2D eigenvalue weighted by atomic mass is 9.74. The zero-order chi connectivity index (χ0) is 30.0. The van der Waals surface area contributed by atoms with E-state index >= 15 is 0 Å². The summed E-state index contributed by atoms with van der Waals surface area (Å²) >= 11 is 0. The van der Waals surface area contributed by atoms with Crippen LogP contribution >= 0.6 is 0 Å². The predicted molar refractivity (Wildman–Crippen MR) is 158 cm³/mol. The van der Waals surface area contributed by atoms with E-state index in [0.29, 0.717) is 49.3 Å². The Hall–Kier alpha value is -1.82. The highest BCUT2D eigenvalue weighted by Gasteiger charge is 2.30. The first-order valence-corrected chi connectivity index (χ1v) is 14.1. The highest BCUT2D eigenvalue weighted by atomic mass is 16.5. The van der Waals surface area contributed by atoms with Gasteiger partial charge in [0, 0.05) is 12.0 Å². The highest BCUT2D eigenvalue weighted by molar-refractivity contribution is 5.86. The van der Waals surface area contributed by atoms with Crippen molar-refractivity contribution in [2.24, 2.45) is 21.7 Å². The van der Waals surface area contributed by atoms with Gasteiger partial charge in [-0.15, -0.1) is 0 Å². The van der Waals surface area contributed by atoms with Gasteiger partial charge in [-0.2, -0.15) is 0 Å². The Morgan fingerprint density at radius 1 is 0.658 bits per heavy atom. The molecule has 1 atom stereocenters. The third kappa shape index (κ3) is 18.4. The van der Waals surface area contributed by atoms with Gasteiger partial charge < -0.3 is 18.7 Å². The number of esters is 2. The van der Waals surface area contributed by atoms with Crippen molar-refractivity contribution in [3.05, 3.63) is 24.5 Å². The van der Waals surface area contributed by atoms with Crippen LogP contribution in [0.3, 0.4) is 0 Å². The number of rotatable bonds is 17. The molecule has 0 spiro atoms. The van der Waals surface area contributed by atoms with E-state index in [-0.39, 0.29) is 34.2 Å². The number of ether oxygens (including phenoxy) is 3. The maximum atomic E-state index is 12.6. The Morgan fingerprint density at radius 3 is 1.47 bits per heavy atom. The van der Waals surface area contributed by atoms with Gasteiger partial charge in [0.05, 0.1) is 19.2 Å². The van der Waals surface area contributed by atoms with Crippen molar-refractivity contribution >= 4 is 11.9 Å². The Bertz CT molecular complexity index is 748. The molecule has 0 radical (unpaired) electrons. The van der Waals surface area contributed by atoms with Gasteiger partial charge in [0.2, 0.25) is 0 Å². The van der Waals surface area contributed by atoms with Crippen molar-refractivity contribution in [3.63, 3.8) is 0 Å². The van der Waals surface area contributed by atoms with Crippen molar-refractivity contribution in [2.75, 3.05) is 46.5 Å². The van der Waals surface area contributed by atoms with Gasteiger partial charge in [-0.1, -0.05) is 82.4 Å². The molecule has 0 aliphatic heterocycles. The summed E-state index contributed by atoms with van der Waals surface area (Å²) in [5.74, 6) is 0.215. The second kappa shape index (κ2) is 14.5. The Labute approximate surface area is 234 Å². The van der Waals surface area contributed by atoms with Gasteiger partial charge in [0.15, 0.2) is 0 Å². The van der Waals surface area contributed by atoms with E-state index in [2.05, 4.69) is 89.4 Å². The molecule has 0 saturated heterocycles. The van der Waals surface area contributed by atoms with E-state index in [4.69, 9.17) is 14.2 Å². The number of carbonyl (C=O) groups excluding carboxylic acids is 2. The maximum Gasteiger partial charge on any atom is 0.333 e. The molecule has 1 unspecified atom stereocenters. The lowest BCUT2D eigenvalue weighted by molar-refractivity contribution is -0.910. The SMILES string of the molecule is C=C(CC(C)(C)CC(C)(C)C)OCC[N+](C)(CCOC(=O)CC(C)(C)CC(C)(C)C)CCOC(=O)C(=C)C. The van der Waals surface area contributed by atoms with Crippen LogP contribution in [-0.4, -0.2) is 62.9 Å². The summed E-state index contributed by atoms with van der Waals surface area (Å²) in [4.78, 5) is 24.5.